The number of rotatable bonds is 6. The summed E-state index contributed by atoms with van der Waals surface area (Å²) < 4.78 is 0. The summed E-state index contributed by atoms with van der Waals surface area (Å²) in [4.78, 5) is 12.1. The first-order valence-corrected chi connectivity index (χ1v) is 8.15. The topological polar surface area (TPSA) is 54.9 Å². The predicted molar refractivity (Wildman–Crippen MR) is 87.0 cm³/mol. The van der Waals surface area contributed by atoms with Crippen molar-refractivity contribution in [2.24, 2.45) is 0 Å². The van der Waals surface area contributed by atoms with E-state index in [0.717, 1.165) is 11.4 Å². The molecular formula is C16H21N3OS. The fourth-order valence-corrected chi connectivity index (χ4v) is 2.63. The predicted octanol–water partition coefficient (Wildman–Crippen LogP) is 4.26. The smallest absolute Gasteiger partial charge is 0.257 e. The Hall–Kier alpha value is -1.75. The van der Waals surface area contributed by atoms with E-state index in [1.165, 1.54) is 29.7 Å². The molecule has 5 heteroatoms. The molecule has 2 rings (SSSR count). The Morgan fingerprint density at radius 1 is 1.24 bits per heavy atom. The number of aryl methyl sites for hydroxylation is 1. The van der Waals surface area contributed by atoms with Crippen molar-refractivity contribution in [3.8, 4) is 0 Å². The quantitative estimate of drug-likeness (QED) is 0.867. The van der Waals surface area contributed by atoms with Crippen LogP contribution in [0.25, 0.3) is 0 Å². The number of anilines is 1. The van der Waals surface area contributed by atoms with Crippen molar-refractivity contribution < 1.29 is 4.79 Å². The van der Waals surface area contributed by atoms with Crippen molar-refractivity contribution >= 4 is 22.4 Å². The first-order chi connectivity index (χ1) is 10.1. The molecule has 0 unspecified atom stereocenters. The van der Waals surface area contributed by atoms with Gasteiger partial charge in [-0.3, -0.25) is 10.1 Å². The molecule has 0 aliphatic heterocycles. The molecule has 0 saturated carbocycles. The molecule has 0 spiro atoms. The van der Waals surface area contributed by atoms with Gasteiger partial charge in [-0.15, -0.1) is 10.2 Å². The third-order valence-corrected chi connectivity index (χ3v) is 4.33. The Bertz CT molecular complexity index is 590. The minimum absolute atomic E-state index is 0.136. The molecule has 0 fully saturated rings. The van der Waals surface area contributed by atoms with Crippen molar-refractivity contribution in [3.63, 3.8) is 0 Å². The summed E-state index contributed by atoms with van der Waals surface area (Å²) in [5.41, 5.74) is 1.92. The highest BCUT2D eigenvalue weighted by Crippen LogP contribution is 2.22. The fraction of sp³-hybridized carbons (Fsp3) is 0.438. The fourth-order valence-electron chi connectivity index (χ4n) is 1.89. The molecule has 112 valence electrons. The summed E-state index contributed by atoms with van der Waals surface area (Å²) in [6, 6.07) is 7.77. The van der Waals surface area contributed by atoms with Crippen molar-refractivity contribution in [1.29, 1.82) is 0 Å². The van der Waals surface area contributed by atoms with E-state index in [0.29, 0.717) is 16.6 Å². The van der Waals surface area contributed by atoms with Gasteiger partial charge in [-0.05, 0) is 30.5 Å². The Balaban J connectivity index is 1.99. The highest BCUT2D eigenvalue weighted by molar-refractivity contribution is 7.15. The van der Waals surface area contributed by atoms with E-state index in [4.69, 9.17) is 0 Å². The average molecular weight is 303 g/mol. The maximum Gasteiger partial charge on any atom is 0.257 e. The summed E-state index contributed by atoms with van der Waals surface area (Å²) in [5.74, 6) is 0.189. The van der Waals surface area contributed by atoms with Crippen molar-refractivity contribution in [3.05, 3.63) is 40.4 Å². The van der Waals surface area contributed by atoms with Crippen molar-refractivity contribution in [1.82, 2.24) is 10.2 Å². The molecule has 0 atom stereocenters. The number of carbonyl (C=O) groups is 1. The molecule has 1 heterocycles. The van der Waals surface area contributed by atoms with Crippen LogP contribution in [0.1, 0.15) is 60.5 Å². The van der Waals surface area contributed by atoms with Gasteiger partial charge in [0.2, 0.25) is 5.13 Å². The Kier molecular flexibility index (Phi) is 5.44. The van der Waals surface area contributed by atoms with Crippen LogP contribution in [0, 0.1) is 0 Å². The maximum absolute atomic E-state index is 12.1. The van der Waals surface area contributed by atoms with Gasteiger partial charge in [0.1, 0.15) is 5.01 Å². The van der Waals surface area contributed by atoms with Crippen LogP contribution in [0.3, 0.4) is 0 Å². The lowest BCUT2D eigenvalue weighted by atomic mass is 10.1. The van der Waals surface area contributed by atoms with Gasteiger partial charge in [-0.25, -0.2) is 0 Å². The van der Waals surface area contributed by atoms with Gasteiger partial charge in [-0.2, -0.15) is 0 Å². The molecule has 21 heavy (non-hydrogen) atoms. The lowest BCUT2D eigenvalue weighted by molar-refractivity contribution is 0.102. The van der Waals surface area contributed by atoms with Crippen LogP contribution in [0.2, 0.25) is 0 Å². The summed E-state index contributed by atoms with van der Waals surface area (Å²) in [6.45, 7) is 6.29. The van der Waals surface area contributed by atoms with Gasteiger partial charge < -0.3 is 0 Å². The van der Waals surface area contributed by atoms with E-state index in [1.807, 2.05) is 24.3 Å². The van der Waals surface area contributed by atoms with Gasteiger partial charge >= 0.3 is 0 Å². The van der Waals surface area contributed by atoms with E-state index in [1.54, 1.807) is 0 Å². The minimum atomic E-state index is -0.136. The number of nitrogens with zero attached hydrogens (tertiary/aromatic N) is 2. The highest BCUT2D eigenvalue weighted by atomic mass is 32.1. The Morgan fingerprint density at radius 3 is 2.52 bits per heavy atom. The van der Waals surface area contributed by atoms with Crippen LogP contribution in [-0.4, -0.2) is 16.1 Å². The number of benzene rings is 1. The third-order valence-electron chi connectivity index (χ3n) is 3.19. The molecule has 1 N–H and O–H groups in total. The van der Waals surface area contributed by atoms with Crippen LogP contribution in [-0.2, 0) is 6.42 Å². The summed E-state index contributed by atoms with van der Waals surface area (Å²) in [5, 5.41) is 12.3. The van der Waals surface area contributed by atoms with Crippen LogP contribution < -0.4 is 5.32 Å². The van der Waals surface area contributed by atoms with E-state index >= 15 is 0 Å². The highest BCUT2D eigenvalue weighted by Gasteiger charge is 2.11. The summed E-state index contributed by atoms with van der Waals surface area (Å²) in [6.07, 6.45) is 3.42. The number of hydrogen-bond acceptors (Lipinski definition) is 4. The van der Waals surface area contributed by atoms with Crippen LogP contribution in [0.5, 0.6) is 0 Å². The zero-order valence-electron chi connectivity index (χ0n) is 12.7. The van der Waals surface area contributed by atoms with Gasteiger partial charge in [0.15, 0.2) is 0 Å². The third kappa shape index (κ3) is 4.36. The van der Waals surface area contributed by atoms with Gasteiger partial charge in [0.25, 0.3) is 5.91 Å². The van der Waals surface area contributed by atoms with Crippen LogP contribution >= 0.6 is 11.3 Å². The first-order valence-electron chi connectivity index (χ1n) is 7.33. The second-order valence-corrected chi connectivity index (χ2v) is 6.36. The number of aromatic nitrogens is 2. The summed E-state index contributed by atoms with van der Waals surface area (Å²) in [7, 11) is 0. The maximum atomic E-state index is 12.1. The average Bonchev–Trinajstić information content (AvgIpc) is 2.94. The van der Waals surface area contributed by atoms with E-state index in [-0.39, 0.29) is 5.91 Å². The molecule has 2 aromatic rings. The van der Waals surface area contributed by atoms with E-state index in [9.17, 15) is 4.79 Å². The van der Waals surface area contributed by atoms with Crippen molar-refractivity contribution in [2.45, 2.75) is 46.0 Å². The first kappa shape index (κ1) is 15.6. The number of unbranched alkanes of at least 4 members (excludes halogenated alkanes) is 1. The molecule has 1 amide bonds. The molecule has 1 aromatic heterocycles. The second kappa shape index (κ2) is 7.31. The minimum Gasteiger partial charge on any atom is -0.296 e. The zero-order chi connectivity index (χ0) is 15.2. The zero-order valence-corrected chi connectivity index (χ0v) is 13.5. The summed E-state index contributed by atoms with van der Waals surface area (Å²) >= 11 is 1.42. The largest absolute Gasteiger partial charge is 0.296 e. The number of carbonyl (C=O) groups excluding carboxylic acids is 1. The van der Waals surface area contributed by atoms with Gasteiger partial charge in [-0.1, -0.05) is 50.7 Å². The van der Waals surface area contributed by atoms with Crippen LogP contribution in [0.4, 0.5) is 5.13 Å². The van der Waals surface area contributed by atoms with E-state index < -0.39 is 0 Å². The normalized spacial score (nSPS) is 10.9. The number of amides is 1. The number of hydrogen-bond donors (Lipinski definition) is 1. The SMILES string of the molecule is CCCCc1ccc(C(=O)Nc2nnc(C(C)C)s2)cc1. The molecular weight excluding hydrogens is 282 g/mol. The lowest BCUT2D eigenvalue weighted by Crippen LogP contribution is -2.11. The Labute approximate surface area is 129 Å². The molecule has 0 radical (unpaired) electrons. The molecule has 0 aliphatic carbocycles. The number of nitrogens with one attached hydrogen (secondary N) is 1. The Morgan fingerprint density at radius 2 is 1.95 bits per heavy atom. The van der Waals surface area contributed by atoms with Gasteiger partial charge in [0, 0.05) is 11.5 Å². The molecule has 1 aromatic carbocycles. The molecule has 0 aliphatic rings. The second-order valence-electron chi connectivity index (χ2n) is 5.35. The molecule has 4 nitrogen and oxygen atoms in total. The lowest BCUT2D eigenvalue weighted by Gasteiger charge is -2.03. The van der Waals surface area contributed by atoms with E-state index in [2.05, 4.69) is 36.3 Å². The molecule has 0 saturated heterocycles. The van der Waals surface area contributed by atoms with Crippen LogP contribution in [0.15, 0.2) is 24.3 Å². The standard InChI is InChI=1S/C16H21N3OS/c1-4-5-6-12-7-9-13(10-8-12)14(20)17-16-19-18-15(21-16)11(2)3/h7-11H,4-6H2,1-3H3,(H,17,19,20). The van der Waals surface area contributed by atoms with Gasteiger partial charge in [0.05, 0.1) is 0 Å². The van der Waals surface area contributed by atoms with Crippen molar-refractivity contribution in [2.75, 3.05) is 5.32 Å². The monoisotopic (exact) mass is 303 g/mol. The molecule has 0 bridgehead atoms.